The lowest BCUT2D eigenvalue weighted by atomic mass is 9.86. The molecule has 20 heavy (non-hydrogen) atoms. The van der Waals surface area contributed by atoms with Gasteiger partial charge in [-0.2, -0.15) is 0 Å². The third kappa shape index (κ3) is 8.73. The molecule has 0 unspecified atom stereocenters. The van der Waals surface area contributed by atoms with Crippen LogP contribution in [-0.4, -0.2) is 11.3 Å². The summed E-state index contributed by atoms with van der Waals surface area (Å²) in [5.41, 5.74) is 5.55. The number of unbranched alkanes of at least 4 members (excludes halogenated alkanes) is 9. The second-order valence-electron chi connectivity index (χ2n) is 6.22. The van der Waals surface area contributed by atoms with Gasteiger partial charge in [0.2, 0.25) is 0 Å². The Kier molecular flexibility index (Phi) is 12.1. The van der Waals surface area contributed by atoms with Crippen molar-refractivity contribution in [1.29, 1.82) is 0 Å². The maximum Gasteiger partial charge on any atom is 0.152 e. The van der Waals surface area contributed by atoms with Crippen LogP contribution in [0.15, 0.2) is 0 Å². The van der Waals surface area contributed by atoms with Crippen molar-refractivity contribution < 1.29 is 4.79 Å². The van der Waals surface area contributed by atoms with Crippen LogP contribution >= 0.6 is 0 Å². The Balaban J connectivity index is 3.42. The Morgan fingerprint density at radius 2 is 1.15 bits per heavy atom. The van der Waals surface area contributed by atoms with Gasteiger partial charge in [-0.3, -0.25) is 4.79 Å². The largest absolute Gasteiger partial charge is 0.319 e. The van der Waals surface area contributed by atoms with Crippen LogP contribution in [0.3, 0.4) is 0 Å². The van der Waals surface area contributed by atoms with Gasteiger partial charge in [-0.15, -0.1) is 0 Å². The van der Waals surface area contributed by atoms with E-state index in [1.807, 2.05) is 13.8 Å². The monoisotopic (exact) mass is 283 g/mol. The Hall–Kier alpha value is -0.370. The number of hydrogen-bond donors (Lipinski definition) is 1. The highest BCUT2D eigenvalue weighted by Gasteiger charge is 2.28. The fourth-order valence-corrected chi connectivity index (χ4v) is 2.67. The lowest BCUT2D eigenvalue weighted by Gasteiger charge is -2.24. The predicted octanol–water partition coefficient (Wildman–Crippen LogP) is 5.38. The van der Waals surface area contributed by atoms with Crippen molar-refractivity contribution in [3.8, 4) is 0 Å². The Labute approximate surface area is 126 Å². The van der Waals surface area contributed by atoms with Gasteiger partial charge in [0, 0.05) is 6.42 Å². The van der Waals surface area contributed by atoms with E-state index in [0.717, 1.165) is 19.3 Å². The Bertz CT molecular complexity index is 234. The average molecular weight is 284 g/mol. The van der Waals surface area contributed by atoms with Gasteiger partial charge < -0.3 is 5.73 Å². The highest BCUT2D eigenvalue weighted by Crippen LogP contribution is 2.17. The number of ketones is 1. The third-order valence-corrected chi connectivity index (χ3v) is 4.57. The molecule has 0 aromatic heterocycles. The Morgan fingerprint density at radius 3 is 1.55 bits per heavy atom. The zero-order valence-electron chi connectivity index (χ0n) is 14.2. The van der Waals surface area contributed by atoms with Gasteiger partial charge in [-0.1, -0.05) is 78.6 Å². The van der Waals surface area contributed by atoms with Gasteiger partial charge in [-0.05, 0) is 19.3 Å². The molecule has 0 amide bonds. The van der Waals surface area contributed by atoms with Crippen molar-refractivity contribution in [2.75, 3.05) is 0 Å². The predicted molar refractivity (Wildman–Crippen MR) is 89.0 cm³/mol. The van der Waals surface area contributed by atoms with Crippen LogP contribution in [0.5, 0.6) is 0 Å². The van der Waals surface area contributed by atoms with E-state index in [0.29, 0.717) is 6.42 Å². The van der Waals surface area contributed by atoms with Gasteiger partial charge in [0.1, 0.15) is 0 Å². The maximum atomic E-state index is 12.0. The first-order chi connectivity index (χ1) is 9.60. The van der Waals surface area contributed by atoms with Gasteiger partial charge in [0.15, 0.2) is 5.78 Å². The second kappa shape index (κ2) is 12.4. The molecule has 0 aliphatic rings. The summed E-state index contributed by atoms with van der Waals surface area (Å²) in [5.74, 6) is 0.266. The molecule has 0 fully saturated rings. The van der Waals surface area contributed by atoms with Crippen molar-refractivity contribution in [2.45, 2.75) is 110 Å². The fourth-order valence-electron chi connectivity index (χ4n) is 2.67. The van der Waals surface area contributed by atoms with Crippen LogP contribution in [0, 0.1) is 0 Å². The summed E-state index contributed by atoms with van der Waals surface area (Å²) in [4.78, 5) is 12.0. The molecule has 0 saturated heterocycles. The molecule has 0 radical (unpaired) electrons. The number of carbonyl (C=O) groups excluding carboxylic acids is 1. The molecule has 120 valence electrons. The summed E-state index contributed by atoms with van der Waals surface area (Å²) in [6.45, 7) is 6.29. The molecule has 0 aliphatic heterocycles. The van der Waals surface area contributed by atoms with Crippen molar-refractivity contribution >= 4 is 5.78 Å². The van der Waals surface area contributed by atoms with Crippen molar-refractivity contribution in [1.82, 2.24) is 0 Å². The number of carbonyl (C=O) groups is 1. The zero-order valence-corrected chi connectivity index (χ0v) is 14.2. The SMILES string of the molecule is CCCCCCCCCCCCC(=O)C(N)(CC)CC. The van der Waals surface area contributed by atoms with Crippen molar-refractivity contribution in [2.24, 2.45) is 5.73 Å². The minimum Gasteiger partial charge on any atom is -0.319 e. The highest BCUT2D eigenvalue weighted by atomic mass is 16.1. The summed E-state index contributed by atoms with van der Waals surface area (Å²) >= 11 is 0. The van der Waals surface area contributed by atoms with Gasteiger partial charge in [0.05, 0.1) is 5.54 Å². The first kappa shape index (κ1) is 19.6. The van der Waals surface area contributed by atoms with E-state index in [4.69, 9.17) is 5.73 Å². The topological polar surface area (TPSA) is 43.1 Å². The number of Topliss-reactive ketones (excluding diaryl/α,β-unsaturated/α-hetero) is 1. The molecule has 2 nitrogen and oxygen atoms in total. The minimum atomic E-state index is -0.556. The number of nitrogens with two attached hydrogens (primary N) is 1. The molecule has 0 spiro atoms. The molecule has 0 saturated carbocycles. The first-order valence-corrected chi connectivity index (χ1v) is 8.92. The quantitative estimate of drug-likeness (QED) is 0.435. The normalized spacial score (nSPS) is 11.8. The smallest absolute Gasteiger partial charge is 0.152 e. The summed E-state index contributed by atoms with van der Waals surface area (Å²) in [6.07, 6.45) is 15.3. The van der Waals surface area contributed by atoms with E-state index < -0.39 is 5.54 Å². The fraction of sp³-hybridized carbons (Fsp3) is 0.944. The molecule has 0 bridgehead atoms. The molecule has 0 heterocycles. The van der Waals surface area contributed by atoms with Crippen LogP contribution < -0.4 is 5.73 Å². The molecule has 0 atom stereocenters. The van der Waals surface area contributed by atoms with E-state index in [1.54, 1.807) is 0 Å². The number of rotatable bonds is 14. The first-order valence-electron chi connectivity index (χ1n) is 8.92. The molecular formula is C18H37NO. The standard InChI is InChI=1S/C18H37NO/c1-4-7-8-9-10-11-12-13-14-15-16-17(20)18(19,5-2)6-3/h4-16,19H2,1-3H3. The van der Waals surface area contributed by atoms with Crippen molar-refractivity contribution in [3.63, 3.8) is 0 Å². The molecule has 0 aliphatic carbocycles. The minimum absolute atomic E-state index is 0.266. The number of hydrogen-bond acceptors (Lipinski definition) is 2. The molecular weight excluding hydrogens is 246 g/mol. The molecule has 2 heteroatoms. The van der Waals surface area contributed by atoms with E-state index in [9.17, 15) is 4.79 Å². The lowest BCUT2D eigenvalue weighted by Crippen LogP contribution is -2.46. The van der Waals surface area contributed by atoms with Crippen LogP contribution in [0.2, 0.25) is 0 Å². The molecule has 0 aromatic carbocycles. The summed E-state index contributed by atoms with van der Waals surface area (Å²) in [6, 6.07) is 0. The second-order valence-corrected chi connectivity index (χ2v) is 6.22. The van der Waals surface area contributed by atoms with Crippen LogP contribution in [-0.2, 0) is 4.79 Å². The van der Waals surface area contributed by atoms with Gasteiger partial charge in [-0.25, -0.2) is 0 Å². The van der Waals surface area contributed by atoms with Crippen LogP contribution in [0.4, 0.5) is 0 Å². The zero-order chi connectivity index (χ0) is 15.3. The van der Waals surface area contributed by atoms with Crippen LogP contribution in [0.25, 0.3) is 0 Å². The lowest BCUT2D eigenvalue weighted by molar-refractivity contribution is -0.124. The summed E-state index contributed by atoms with van der Waals surface area (Å²) in [5, 5.41) is 0. The van der Waals surface area contributed by atoms with Crippen LogP contribution in [0.1, 0.15) is 104 Å². The molecule has 0 aromatic rings. The van der Waals surface area contributed by atoms with E-state index >= 15 is 0 Å². The third-order valence-electron chi connectivity index (χ3n) is 4.57. The summed E-state index contributed by atoms with van der Waals surface area (Å²) in [7, 11) is 0. The maximum absolute atomic E-state index is 12.0. The van der Waals surface area contributed by atoms with Crippen molar-refractivity contribution in [3.05, 3.63) is 0 Å². The van der Waals surface area contributed by atoms with Gasteiger partial charge in [0.25, 0.3) is 0 Å². The molecule has 2 N–H and O–H groups in total. The van der Waals surface area contributed by atoms with E-state index in [1.165, 1.54) is 57.8 Å². The van der Waals surface area contributed by atoms with E-state index in [2.05, 4.69) is 6.92 Å². The highest BCUT2D eigenvalue weighted by molar-refractivity contribution is 5.87. The summed E-state index contributed by atoms with van der Waals surface area (Å²) < 4.78 is 0. The Morgan fingerprint density at radius 1 is 0.750 bits per heavy atom. The average Bonchev–Trinajstić information content (AvgIpc) is 2.48. The van der Waals surface area contributed by atoms with E-state index in [-0.39, 0.29) is 5.78 Å². The molecule has 0 rings (SSSR count). The van der Waals surface area contributed by atoms with Gasteiger partial charge >= 0.3 is 0 Å².